The molecule has 0 atom stereocenters. The van der Waals surface area contributed by atoms with Crippen molar-refractivity contribution < 1.29 is 27.8 Å². The second-order valence-electron chi connectivity index (χ2n) is 2.74. The summed E-state index contributed by atoms with van der Waals surface area (Å²) in [4.78, 5) is 10.1. The van der Waals surface area contributed by atoms with Crippen molar-refractivity contribution in [2.75, 3.05) is 0 Å². The Morgan fingerprint density at radius 2 is 2.07 bits per heavy atom. The Kier molecular flexibility index (Phi) is 2.03. The van der Waals surface area contributed by atoms with Crippen molar-refractivity contribution in [2.24, 2.45) is 0 Å². The summed E-state index contributed by atoms with van der Waals surface area (Å²) in [6.45, 7) is 0. The summed E-state index contributed by atoms with van der Waals surface area (Å²) in [5.74, 6) is -2.09. The van der Waals surface area contributed by atoms with E-state index in [0.717, 1.165) is 12.1 Å². The molecule has 78 valence electrons. The summed E-state index contributed by atoms with van der Waals surface area (Å²) >= 11 is 0. The fourth-order valence-corrected chi connectivity index (χ4v) is 1.19. The Balaban J connectivity index is 2.55. The first-order valence-electron chi connectivity index (χ1n) is 3.85. The Bertz CT molecular complexity index is 532. The molecule has 0 bridgehead atoms. The molecule has 6 heteroatoms. The van der Waals surface area contributed by atoms with Crippen molar-refractivity contribution in [1.82, 2.24) is 0 Å². The summed E-state index contributed by atoms with van der Waals surface area (Å²) in [5, 5.41) is 8.37. The molecule has 0 spiro atoms. The number of carboxylic acid groups (broad SMARTS) is 1. The first kappa shape index (κ1) is 9.45. The van der Waals surface area contributed by atoms with Gasteiger partial charge in [-0.1, -0.05) is 0 Å². The van der Waals surface area contributed by atoms with Crippen LogP contribution in [0.3, 0.4) is 0 Å². The van der Waals surface area contributed by atoms with E-state index in [9.17, 15) is 13.6 Å². The number of ether oxygens (including phenoxy) is 1. The SMILES string of the molecule is O=C(O)Oc1cc2cc(F)cc(F)c2o1. The van der Waals surface area contributed by atoms with E-state index >= 15 is 0 Å². The van der Waals surface area contributed by atoms with Crippen molar-refractivity contribution >= 4 is 17.1 Å². The van der Waals surface area contributed by atoms with Gasteiger partial charge in [-0.2, -0.15) is 0 Å². The van der Waals surface area contributed by atoms with E-state index in [1.807, 2.05) is 0 Å². The van der Waals surface area contributed by atoms with E-state index in [2.05, 4.69) is 4.74 Å². The molecule has 0 aliphatic rings. The van der Waals surface area contributed by atoms with Gasteiger partial charge in [-0.3, -0.25) is 0 Å². The largest absolute Gasteiger partial charge is 0.513 e. The predicted molar refractivity (Wildman–Crippen MR) is 44.8 cm³/mol. The smallest absolute Gasteiger partial charge is 0.449 e. The number of benzene rings is 1. The van der Waals surface area contributed by atoms with E-state index in [1.54, 1.807) is 0 Å². The van der Waals surface area contributed by atoms with Crippen molar-refractivity contribution in [2.45, 2.75) is 0 Å². The van der Waals surface area contributed by atoms with Gasteiger partial charge in [-0.05, 0) is 6.07 Å². The van der Waals surface area contributed by atoms with Crippen LogP contribution in [-0.2, 0) is 0 Å². The lowest BCUT2D eigenvalue weighted by atomic mass is 10.2. The van der Waals surface area contributed by atoms with Crippen LogP contribution in [0, 0.1) is 11.6 Å². The number of furan rings is 1. The van der Waals surface area contributed by atoms with Gasteiger partial charge in [0.25, 0.3) is 5.95 Å². The average molecular weight is 214 g/mol. The molecule has 4 nitrogen and oxygen atoms in total. The number of hydrogen-bond acceptors (Lipinski definition) is 3. The maximum atomic E-state index is 13.1. The fraction of sp³-hybridized carbons (Fsp3) is 0. The van der Waals surface area contributed by atoms with E-state index in [-0.39, 0.29) is 11.0 Å². The monoisotopic (exact) mass is 214 g/mol. The average Bonchev–Trinajstić information content (AvgIpc) is 2.45. The molecule has 1 aromatic carbocycles. The number of fused-ring (bicyclic) bond motifs is 1. The van der Waals surface area contributed by atoms with Crippen LogP contribution in [0.4, 0.5) is 13.6 Å². The van der Waals surface area contributed by atoms with Gasteiger partial charge in [0.1, 0.15) is 5.82 Å². The third-order valence-corrected chi connectivity index (χ3v) is 1.70. The number of carbonyl (C=O) groups is 1. The van der Waals surface area contributed by atoms with Gasteiger partial charge < -0.3 is 14.3 Å². The lowest BCUT2D eigenvalue weighted by Gasteiger charge is -1.91. The van der Waals surface area contributed by atoms with Crippen molar-refractivity contribution in [1.29, 1.82) is 0 Å². The van der Waals surface area contributed by atoms with E-state index in [4.69, 9.17) is 9.52 Å². The summed E-state index contributed by atoms with van der Waals surface area (Å²) in [6.07, 6.45) is -1.59. The summed E-state index contributed by atoms with van der Waals surface area (Å²) in [7, 11) is 0. The Hall–Kier alpha value is -2.11. The van der Waals surface area contributed by atoms with Crippen molar-refractivity contribution in [3.05, 3.63) is 29.8 Å². The Morgan fingerprint density at radius 3 is 2.73 bits per heavy atom. The normalized spacial score (nSPS) is 10.5. The first-order chi connectivity index (χ1) is 7.06. The van der Waals surface area contributed by atoms with Gasteiger partial charge in [0.05, 0.1) is 0 Å². The molecule has 0 amide bonds. The van der Waals surface area contributed by atoms with Crippen molar-refractivity contribution in [3.8, 4) is 5.95 Å². The summed E-state index contributed by atoms with van der Waals surface area (Å²) in [6, 6.07) is 2.74. The molecule has 15 heavy (non-hydrogen) atoms. The molecule has 0 aliphatic heterocycles. The minimum atomic E-state index is -1.59. The standard InChI is InChI=1S/C9H4F2O4/c10-5-1-4-2-7(15-9(12)13)14-8(4)6(11)3-5/h1-3H,(H,12,13). The molecule has 1 heterocycles. The lowest BCUT2D eigenvalue weighted by Crippen LogP contribution is -2.01. The van der Waals surface area contributed by atoms with Crippen molar-refractivity contribution in [3.63, 3.8) is 0 Å². The van der Waals surface area contributed by atoms with Gasteiger partial charge >= 0.3 is 6.16 Å². The molecule has 0 fully saturated rings. The van der Waals surface area contributed by atoms with Crippen LogP contribution in [0.5, 0.6) is 5.95 Å². The number of rotatable bonds is 1. The van der Waals surface area contributed by atoms with Crippen LogP contribution >= 0.6 is 0 Å². The van der Waals surface area contributed by atoms with Crippen LogP contribution in [0.1, 0.15) is 0 Å². The maximum Gasteiger partial charge on any atom is 0.513 e. The van der Waals surface area contributed by atoms with Crippen LogP contribution in [0.2, 0.25) is 0 Å². The second kappa shape index (κ2) is 3.23. The van der Waals surface area contributed by atoms with E-state index in [1.165, 1.54) is 0 Å². The van der Waals surface area contributed by atoms with Crippen LogP contribution in [0.25, 0.3) is 11.0 Å². The van der Waals surface area contributed by atoms with Gasteiger partial charge in [0.15, 0.2) is 11.4 Å². The minimum absolute atomic E-state index is 0.101. The molecule has 1 N–H and O–H groups in total. The van der Waals surface area contributed by atoms with Crippen LogP contribution in [0.15, 0.2) is 22.6 Å². The lowest BCUT2D eigenvalue weighted by molar-refractivity contribution is 0.134. The highest BCUT2D eigenvalue weighted by Crippen LogP contribution is 2.27. The highest BCUT2D eigenvalue weighted by atomic mass is 19.1. The molecule has 0 unspecified atom stereocenters. The van der Waals surface area contributed by atoms with Crippen LogP contribution in [-0.4, -0.2) is 11.3 Å². The van der Waals surface area contributed by atoms with Gasteiger partial charge in [0, 0.05) is 17.5 Å². The minimum Gasteiger partial charge on any atom is -0.449 e. The Morgan fingerprint density at radius 1 is 1.33 bits per heavy atom. The van der Waals surface area contributed by atoms with E-state index < -0.39 is 23.7 Å². The molecule has 2 rings (SSSR count). The topological polar surface area (TPSA) is 59.7 Å². The molecule has 0 radical (unpaired) electrons. The highest BCUT2D eigenvalue weighted by molar-refractivity contribution is 5.80. The number of halogens is 2. The predicted octanol–water partition coefficient (Wildman–Crippen LogP) is 2.77. The van der Waals surface area contributed by atoms with Gasteiger partial charge in [0.2, 0.25) is 0 Å². The molecule has 0 saturated carbocycles. The third-order valence-electron chi connectivity index (χ3n) is 1.70. The number of hydrogen-bond donors (Lipinski definition) is 1. The quantitative estimate of drug-likeness (QED) is 0.741. The van der Waals surface area contributed by atoms with Crippen LogP contribution < -0.4 is 4.74 Å². The fourth-order valence-electron chi connectivity index (χ4n) is 1.19. The maximum absolute atomic E-state index is 13.1. The molecule has 0 saturated heterocycles. The molecule has 0 aliphatic carbocycles. The molecular weight excluding hydrogens is 210 g/mol. The summed E-state index contributed by atoms with van der Waals surface area (Å²) in [5.41, 5.74) is -0.243. The zero-order chi connectivity index (χ0) is 11.0. The molecule has 2 aromatic rings. The molecular formula is C9H4F2O4. The zero-order valence-corrected chi connectivity index (χ0v) is 7.16. The first-order valence-corrected chi connectivity index (χ1v) is 3.85. The van der Waals surface area contributed by atoms with Gasteiger partial charge in [-0.25, -0.2) is 13.6 Å². The zero-order valence-electron chi connectivity index (χ0n) is 7.16. The second-order valence-corrected chi connectivity index (χ2v) is 2.74. The summed E-state index contributed by atoms with van der Waals surface area (Å²) < 4.78 is 34.7. The third kappa shape index (κ3) is 1.74. The highest BCUT2D eigenvalue weighted by Gasteiger charge is 2.13. The Labute approximate surface area is 81.7 Å². The molecule has 1 aromatic heterocycles. The van der Waals surface area contributed by atoms with E-state index in [0.29, 0.717) is 6.07 Å². The van der Waals surface area contributed by atoms with Gasteiger partial charge in [-0.15, -0.1) is 0 Å².